The largest absolute Gasteiger partial charge is 0.336 e. The number of sulfonamides is 1. The second kappa shape index (κ2) is 8.79. The molecule has 144 valence electrons. The molecule has 1 fully saturated rings. The van der Waals surface area contributed by atoms with Crippen LogP contribution >= 0.6 is 11.3 Å². The van der Waals surface area contributed by atoms with Gasteiger partial charge in [-0.2, -0.15) is 0 Å². The molecule has 1 aliphatic heterocycles. The van der Waals surface area contributed by atoms with E-state index < -0.39 is 10.0 Å². The highest BCUT2D eigenvalue weighted by molar-refractivity contribution is 7.89. The lowest BCUT2D eigenvalue weighted by atomic mass is 10.2. The summed E-state index contributed by atoms with van der Waals surface area (Å²) in [5, 5.41) is 2.08. The first-order valence-corrected chi connectivity index (χ1v) is 11.1. The van der Waals surface area contributed by atoms with E-state index in [1.54, 1.807) is 23.5 Å². The number of hydrogen-bond acceptors (Lipinski definition) is 5. The van der Waals surface area contributed by atoms with Crippen LogP contribution < -0.4 is 4.72 Å². The van der Waals surface area contributed by atoms with Gasteiger partial charge in [-0.3, -0.25) is 9.69 Å². The van der Waals surface area contributed by atoms with Crippen LogP contribution in [0.15, 0.2) is 59.3 Å². The third kappa shape index (κ3) is 5.04. The third-order valence-corrected chi connectivity index (χ3v) is 6.75. The maximum absolute atomic E-state index is 12.7. The van der Waals surface area contributed by atoms with Crippen LogP contribution in [-0.4, -0.2) is 56.8 Å². The Kier molecular flexibility index (Phi) is 6.43. The summed E-state index contributed by atoms with van der Waals surface area (Å²) in [6, 6.07) is 10.3. The van der Waals surface area contributed by atoms with Crippen molar-refractivity contribution >= 4 is 27.3 Å². The fraction of sp³-hybridized carbons (Fsp3) is 0.316. The van der Waals surface area contributed by atoms with E-state index in [0.717, 1.165) is 19.6 Å². The summed E-state index contributed by atoms with van der Waals surface area (Å²) in [6.07, 6.45) is 1.48. The van der Waals surface area contributed by atoms with Crippen molar-refractivity contribution in [3.05, 3.63) is 64.9 Å². The van der Waals surface area contributed by atoms with Gasteiger partial charge in [0.15, 0.2) is 0 Å². The molecule has 2 aromatic rings. The molecule has 0 bridgehead atoms. The molecular formula is C19H23N3O3S2. The SMILES string of the molecule is C=CCNS(=O)(=O)c1ccc(C(=O)N2CCN(Cc3cccs3)CC2)cc1. The lowest BCUT2D eigenvalue weighted by molar-refractivity contribution is 0.0629. The van der Waals surface area contributed by atoms with E-state index in [0.29, 0.717) is 18.7 Å². The molecule has 1 N–H and O–H groups in total. The van der Waals surface area contributed by atoms with Crippen LogP contribution in [0.25, 0.3) is 0 Å². The molecule has 1 aromatic heterocycles. The highest BCUT2D eigenvalue weighted by Gasteiger charge is 2.23. The van der Waals surface area contributed by atoms with Crippen molar-refractivity contribution in [3.63, 3.8) is 0 Å². The number of nitrogens with one attached hydrogen (secondary N) is 1. The van der Waals surface area contributed by atoms with E-state index in [4.69, 9.17) is 0 Å². The summed E-state index contributed by atoms with van der Waals surface area (Å²) >= 11 is 1.75. The van der Waals surface area contributed by atoms with Crippen LogP contribution in [0, 0.1) is 0 Å². The fourth-order valence-electron chi connectivity index (χ4n) is 2.94. The van der Waals surface area contributed by atoms with Gasteiger partial charge in [0, 0.05) is 49.7 Å². The van der Waals surface area contributed by atoms with Gasteiger partial charge in [-0.1, -0.05) is 12.1 Å². The molecule has 1 aliphatic rings. The molecule has 1 amide bonds. The van der Waals surface area contributed by atoms with Crippen LogP contribution in [0.1, 0.15) is 15.2 Å². The number of benzene rings is 1. The zero-order valence-electron chi connectivity index (χ0n) is 15.0. The number of amides is 1. The maximum atomic E-state index is 12.7. The van der Waals surface area contributed by atoms with Crippen molar-refractivity contribution in [2.45, 2.75) is 11.4 Å². The lowest BCUT2D eigenvalue weighted by Crippen LogP contribution is -2.48. The zero-order chi connectivity index (χ0) is 19.3. The molecule has 0 spiro atoms. The predicted molar refractivity (Wildman–Crippen MR) is 107 cm³/mol. The number of piperazine rings is 1. The normalized spacial score (nSPS) is 15.6. The molecule has 0 atom stereocenters. The van der Waals surface area contributed by atoms with E-state index in [-0.39, 0.29) is 17.3 Å². The van der Waals surface area contributed by atoms with Crippen LogP contribution in [0.4, 0.5) is 0 Å². The summed E-state index contributed by atoms with van der Waals surface area (Å²) in [4.78, 5) is 18.3. The zero-order valence-corrected chi connectivity index (χ0v) is 16.6. The van der Waals surface area contributed by atoms with Crippen LogP contribution in [0.5, 0.6) is 0 Å². The molecule has 1 saturated heterocycles. The molecule has 2 heterocycles. The topological polar surface area (TPSA) is 69.7 Å². The Balaban J connectivity index is 1.57. The molecule has 6 nitrogen and oxygen atoms in total. The standard InChI is InChI=1S/C19H23N3O3S2/c1-2-9-20-27(24,25)18-7-5-16(6-8-18)19(23)22-12-10-21(11-13-22)15-17-4-3-14-26-17/h2-8,14,20H,1,9-13,15H2. The van der Waals surface area contributed by atoms with Gasteiger partial charge >= 0.3 is 0 Å². The molecular weight excluding hydrogens is 382 g/mol. The van der Waals surface area contributed by atoms with Crippen molar-refractivity contribution in [2.24, 2.45) is 0 Å². The van der Waals surface area contributed by atoms with Gasteiger partial charge in [0.05, 0.1) is 4.90 Å². The lowest BCUT2D eigenvalue weighted by Gasteiger charge is -2.34. The third-order valence-electron chi connectivity index (χ3n) is 4.45. The Labute approximate surface area is 164 Å². The number of carbonyl (C=O) groups is 1. The number of hydrogen-bond donors (Lipinski definition) is 1. The van der Waals surface area contributed by atoms with Gasteiger partial charge in [0.1, 0.15) is 0 Å². The van der Waals surface area contributed by atoms with Gasteiger partial charge in [0.25, 0.3) is 5.91 Å². The number of thiophene rings is 1. The van der Waals surface area contributed by atoms with Crippen LogP contribution in [0.3, 0.4) is 0 Å². The molecule has 8 heteroatoms. The quantitative estimate of drug-likeness (QED) is 0.717. The van der Waals surface area contributed by atoms with Crippen molar-refractivity contribution in [1.82, 2.24) is 14.5 Å². The molecule has 0 saturated carbocycles. The minimum Gasteiger partial charge on any atom is -0.336 e. The average molecular weight is 406 g/mol. The van der Waals surface area contributed by atoms with E-state index in [2.05, 4.69) is 33.7 Å². The van der Waals surface area contributed by atoms with Gasteiger partial charge < -0.3 is 4.90 Å². The van der Waals surface area contributed by atoms with Crippen molar-refractivity contribution in [2.75, 3.05) is 32.7 Å². The highest BCUT2D eigenvalue weighted by atomic mass is 32.2. The Bertz CT molecular complexity index is 869. The Morgan fingerprint density at radius 3 is 2.44 bits per heavy atom. The van der Waals surface area contributed by atoms with Gasteiger partial charge in [-0.15, -0.1) is 17.9 Å². The molecule has 0 radical (unpaired) electrons. The molecule has 27 heavy (non-hydrogen) atoms. The highest BCUT2D eigenvalue weighted by Crippen LogP contribution is 2.16. The second-order valence-corrected chi connectivity index (χ2v) is 9.11. The number of carbonyl (C=O) groups excluding carboxylic acids is 1. The molecule has 0 unspecified atom stereocenters. The van der Waals surface area contributed by atoms with Crippen LogP contribution in [0.2, 0.25) is 0 Å². The van der Waals surface area contributed by atoms with Crippen LogP contribution in [-0.2, 0) is 16.6 Å². The van der Waals surface area contributed by atoms with Gasteiger partial charge in [-0.05, 0) is 35.7 Å². The van der Waals surface area contributed by atoms with Gasteiger partial charge in [-0.25, -0.2) is 13.1 Å². The second-order valence-electron chi connectivity index (χ2n) is 6.31. The summed E-state index contributed by atoms with van der Waals surface area (Å²) in [7, 11) is -3.57. The Morgan fingerprint density at radius 1 is 1.15 bits per heavy atom. The van der Waals surface area contributed by atoms with Crippen molar-refractivity contribution in [1.29, 1.82) is 0 Å². The van der Waals surface area contributed by atoms with E-state index in [1.807, 2.05) is 4.90 Å². The molecule has 0 aliphatic carbocycles. The number of rotatable bonds is 7. The van der Waals surface area contributed by atoms with E-state index >= 15 is 0 Å². The van der Waals surface area contributed by atoms with E-state index in [9.17, 15) is 13.2 Å². The summed E-state index contributed by atoms with van der Waals surface area (Å²) in [5.74, 6) is -0.0613. The summed E-state index contributed by atoms with van der Waals surface area (Å²) in [5.41, 5.74) is 0.504. The van der Waals surface area contributed by atoms with Gasteiger partial charge in [0.2, 0.25) is 10.0 Å². The fourth-order valence-corrected chi connectivity index (χ4v) is 4.69. The predicted octanol–water partition coefficient (Wildman–Crippen LogP) is 2.17. The monoisotopic (exact) mass is 405 g/mol. The summed E-state index contributed by atoms with van der Waals surface area (Å²) in [6.45, 7) is 7.59. The van der Waals surface area contributed by atoms with E-state index in [1.165, 1.54) is 23.1 Å². The van der Waals surface area contributed by atoms with Crippen molar-refractivity contribution < 1.29 is 13.2 Å². The maximum Gasteiger partial charge on any atom is 0.253 e. The Hall–Kier alpha value is -2.00. The first-order valence-electron chi connectivity index (χ1n) is 8.74. The Morgan fingerprint density at radius 2 is 1.85 bits per heavy atom. The van der Waals surface area contributed by atoms with Crippen molar-refractivity contribution in [3.8, 4) is 0 Å². The molecule has 3 rings (SSSR count). The number of nitrogens with zero attached hydrogens (tertiary/aromatic N) is 2. The minimum absolute atomic E-state index is 0.0613. The summed E-state index contributed by atoms with van der Waals surface area (Å²) < 4.78 is 26.6. The smallest absolute Gasteiger partial charge is 0.253 e. The first kappa shape index (κ1) is 19.8. The first-order chi connectivity index (χ1) is 13.0. The molecule has 1 aromatic carbocycles. The minimum atomic E-state index is -3.57. The average Bonchev–Trinajstić information content (AvgIpc) is 3.20.